The number of nitrogens with zero attached hydrogens (tertiary/aromatic N) is 2. The van der Waals surface area contributed by atoms with Crippen molar-refractivity contribution in [2.24, 2.45) is 4.99 Å². The first-order valence-corrected chi connectivity index (χ1v) is 17.5. The van der Waals surface area contributed by atoms with Crippen molar-refractivity contribution in [3.05, 3.63) is 191 Å². The molecule has 0 amide bonds. The van der Waals surface area contributed by atoms with Gasteiger partial charge in [0.2, 0.25) is 0 Å². The van der Waals surface area contributed by atoms with Crippen molar-refractivity contribution < 1.29 is 0 Å². The van der Waals surface area contributed by atoms with Crippen LogP contribution in [0.25, 0.3) is 50.5 Å². The predicted molar refractivity (Wildman–Crippen MR) is 210 cm³/mol. The number of aryl methyl sites for hydroxylation is 1. The number of aromatic nitrogens is 1. The van der Waals surface area contributed by atoms with Crippen LogP contribution in [0.2, 0.25) is 0 Å². The third-order valence-electron chi connectivity index (χ3n) is 9.88. The molecule has 0 bridgehead atoms. The second kappa shape index (κ2) is 13.2. The zero-order valence-electron chi connectivity index (χ0n) is 28.3. The van der Waals surface area contributed by atoms with Crippen LogP contribution in [0.1, 0.15) is 45.7 Å². The zero-order chi connectivity index (χ0) is 34.1. The number of benzene rings is 6. The van der Waals surface area contributed by atoms with Crippen molar-refractivity contribution >= 4 is 22.8 Å². The number of aliphatic imine (C=N–C) groups is 1. The Morgan fingerprint density at radius 2 is 1.24 bits per heavy atom. The molecule has 7 aromatic rings. The van der Waals surface area contributed by atoms with Crippen LogP contribution in [0.15, 0.2) is 163 Å². The number of nitrogens with one attached hydrogen (secondary N) is 3. The Hall–Kier alpha value is -6.30. The summed E-state index contributed by atoms with van der Waals surface area (Å²) in [5.41, 5.74) is 14.8. The lowest BCUT2D eigenvalue weighted by atomic mass is 9.92. The molecular formula is C46H37N5. The van der Waals surface area contributed by atoms with E-state index in [0.717, 1.165) is 62.5 Å². The van der Waals surface area contributed by atoms with Crippen molar-refractivity contribution in [2.45, 2.75) is 25.8 Å². The van der Waals surface area contributed by atoms with Crippen LogP contribution in [-0.4, -0.2) is 10.8 Å². The monoisotopic (exact) mass is 659 g/mol. The van der Waals surface area contributed by atoms with Gasteiger partial charge in [-0.15, -0.1) is 0 Å². The first-order chi connectivity index (χ1) is 25.2. The molecule has 3 N–H and O–H groups in total. The number of rotatable bonds is 6. The summed E-state index contributed by atoms with van der Waals surface area (Å²) in [7, 11) is 0. The molecule has 0 saturated carbocycles. The second-order valence-corrected chi connectivity index (χ2v) is 13.3. The average molecular weight is 660 g/mol. The number of fused-ring (bicyclic) bond motifs is 3. The summed E-state index contributed by atoms with van der Waals surface area (Å²) in [5, 5.41) is 12.1. The highest BCUT2D eigenvalue weighted by Gasteiger charge is 2.26. The quantitative estimate of drug-likeness (QED) is 0.166. The molecule has 2 aliphatic heterocycles. The van der Waals surface area contributed by atoms with E-state index in [1.807, 2.05) is 12.3 Å². The van der Waals surface area contributed by atoms with Gasteiger partial charge in [-0.1, -0.05) is 133 Å². The summed E-state index contributed by atoms with van der Waals surface area (Å²) in [6, 6.07) is 53.8. The standard InChI is InChI=1S/C46H37N5/c1-30-16-18-31(19-17-30)36-26-37(32-20-22-33(23-21-32)43-41-29-47-25-24-39(41)40-14-8-9-15-42(40)48-43)28-38(27-36)46-50-44(34-10-4-2-5-11-34)49-45(51-46)35-12-6-3-7-13-35/h2-28,44,46-47,50H,29H2,1H3,(H,49,51). The Morgan fingerprint density at radius 3 is 1.98 bits per heavy atom. The van der Waals surface area contributed by atoms with Gasteiger partial charge in [0.15, 0.2) is 0 Å². The van der Waals surface area contributed by atoms with Gasteiger partial charge in [0.1, 0.15) is 18.2 Å². The van der Waals surface area contributed by atoms with Gasteiger partial charge >= 0.3 is 0 Å². The van der Waals surface area contributed by atoms with E-state index in [0.29, 0.717) is 0 Å². The third-order valence-corrected chi connectivity index (χ3v) is 9.88. The van der Waals surface area contributed by atoms with Crippen LogP contribution >= 0.6 is 0 Å². The zero-order valence-corrected chi connectivity index (χ0v) is 28.3. The van der Waals surface area contributed by atoms with Crippen molar-refractivity contribution in [3.63, 3.8) is 0 Å². The maximum atomic E-state index is 5.28. The molecule has 2 unspecified atom stereocenters. The fourth-order valence-electron chi connectivity index (χ4n) is 7.19. The highest BCUT2D eigenvalue weighted by molar-refractivity contribution is 5.99. The van der Waals surface area contributed by atoms with E-state index in [-0.39, 0.29) is 12.3 Å². The van der Waals surface area contributed by atoms with Gasteiger partial charge < -0.3 is 10.6 Å². The first-order valence-electron chi connectivity index (χ1n) is 17.5. The lowest BCUT2D eigenvalue weighted by molar-refractivity contribution is 0.409. The molecule has 6 aromatic carbocycles. The molecule has 0 aliphatic carbocycles. The number of para-hydroxylation sites is 1. The molecule has 2 aliphatic rings. The van der Waals surface area contributed by atoms with Crippen molar-refractivity contribution in [1.29, 1.82) is 0 Å². The van der Waals surface area contributed by atoms with E-state index in [4.69, 9.17) is 9.98 Å². The smallest absolute Gasteiger partial charge is 0.131 e. The minimum absolute atomic E-state index is 0.112. The highest BCUT2D eigenvalue weighted by atomic mass is 15.3. The Balaban J connectivity index is 1.15. The van der Waals surface area contributed by atoms with E-state index in [9.17, 15) is 0 Å². The van der Waals surface area contributed by atoms with Gasteiger partial charge in [0.05, 0.1) is 11.2 Å². The Bertz CT molecular complexity index is 2410. The molecule has 246 valence electrons. The Labute approximate surface area is 298 Å². The normalized spacial score (nSPS) is 16.5. The molecule has 3 heterocycles. The molecule has 9 rings (SSSR count). The predicted octanol–water partition coefficient (Wildman–Crippen LogP) is 9.96. The van der Waals surface area contributed by atoms with Crippen LogP contribution in [0.4, 0.5) is 0 Å². The van der Waals surface area contributed by atoms with Gasteiger partial charge in [0.25, 0.3) is 0 Å². The Kier molecular flexibility index (Phi) is 7.95. The summed E-state index contributed by atoms with van der Waals surface area (Å²) in [6.45, 7) is 2.88. The molecule has 2 atom stereocenters. The van der Waals surface area contributed by atoms with E-state index >= 15 is 0 Å². The van der Waals surface area contributed by atoms with Crippen LogP contribution in [-0.2, 0) is 6.54 Å². The topological polar surface area (TPSA) is 61.3 Å². The minimum Gasteiger partial charge on any atom is -0.387 e. The fourth-order valence-corrected chi connectivity index (χ4v) is 7.19. The molecule has 0 spiro atoms. The maximum absolute atomic E-state index is 5.28. The lowest BCUT2D eigenvalue weighted by Crippen LogP contribution is -2.44. The van der Waals surface area contributed by atoms with Crippen LogP contribution in [0.3, 0.4) is 0 Å². The average Bonchev–Trinajstić information content (AvgIpc) is 3.21. The first kappa shape index (κ1) is 30.7. The van der Waals surface area contributed by atoms with E-state index in [2.05, 4.69) is 175 Å². The SMILES string of the molecule is Cc1ccc(-c2cc(-c3ccc(-c4nc5ccccc5c5c4CNC=C5)cc3)cc(C3N=C(c4ccccc4)NC(c4ccccc4)N3)c2)cc1. The summed E-state index contributed by atoms with van der Waals surface area (Å²) in [4.78, 5) is 10.4. The van der Waals surface area contributed by atoms with Crippen molar-refractivity contribution in [2.75, 3.05) is 0 Å². The molecule has 0 saturated heterocycles. The number of hydrogen-bond acceptors (Lipinski definition) is 5. The summed E-state index contributed by atoms with van der Waals surface area (Å²) >= 11 is 0. The lowest BCUT2D eigenvalue weighted by Gasteiger charge is -2.32. The minimum atomic E-state index is -0.274. The third kappa shape index (κ3) is 6.09. The maximum Gasteiger partial charge on any atom is 0.131 e. The van der Waals surface area contributed by atoms with Gasteiger partial charge in [-0.25, -0.2) is 9.98 Å². The van der Waals surface area contributed by atoms with Crippen LogP contribution in [0.5, 0.6) is 0 Å². The molecule has 5 nitrogen and oxygen atoms in total. The van der Waals surface area contributed by atoms with Crippen molar-refractivity contribution in [1.82, 2.24) is 20.9 Å². The van der Waals surface area contributed by atoms with E-state index in [1.54, 1.807) is 0 Å². The van der Waals surface area contributed by atoms with Gasteiger partial charge in [0, 0.05) is 28.6 Å². The Morgan fingerprint density at radius 1 is 0.588 bits per heavy atom. The molecular weight excluding hydrogens is 623 g/mol. The van der Waals surface area contributed by atoms with Crippen molar-refractivity contribution in [3.8, 4) is 33.5 Å². The second-order valence-electron chi connectivity index (χ2n) is 13.3. The fraction of sp³-hybridized carbons (Fsp3) is 0.0870. The summed E-state index contributed by atoms with van der Waals surface area (Å²) < 4.78 is 0. The molecule has 0 fully saturated rings. The van der Waals surface area contributed by atoms with Gasteiger partial charge in [-0.2, -0.15) is 0 Å². The number of amidine groups is 1. The largest absolute Gasteiger partial charge is 0.387 e. The van der Waals surface area contributed by atoms with E-state index < -0.39 is 0 Å². The number of pyridine rings is 1. The molecule has 1 aromatic heterocycles. The van der Waals surface area contributed by atoms with Gasteiger partial charge in [-0.3, -0.25) is 5.32 Å². The van der Waals surface area contributed by atoms with Crippen LogP contribution in [0, 0.1) is 6.92 Å². The highest BCUT2D eigenvalue weighted by Crippen LogP contribution is 2.36. The number of hydrogen-bond donors (Lipinski definition) is 3. The van der Waals surface area contributed by atoms with Gasteiger partial charge in [-0.05, 0) is 82.4 Å². The van der Waals surface area contributed by atoms with E-state index in [1.165, 1.54) is 27.6 Å². The van der Waals surface area contributed by atoms with Crippen LogP contribution < -0.4 is 16.0 Å². The summed E-state index contributed by atoms with van der Waals surface area (Å²) in [5.74, 6) is 0.871. The molecule has 5 heteroatoms. The molecule has 51 heavy (non-hydrogen) atoms. The molecule has 0 radical (unpaired) electrons. The summed E-state index contributed by atoms with van der Waals surface area (Å²) in [6.07, 6.45) is 3.82.